The van der Waals surface area contributed by atoms with Crippen molar-refractivity contribution < 1.29 is 0 Å². The van der Waals surface area contributed by atoms with Crippen LogP contribution in [-0.4, -0.2) is 15.4 Å². The third kappa shape index (κ3) is 2.58. The van der Waals surface area contributed by atoms with Crippen LogP contribution in [-0.2, 0) is 6.54 Å². The first-order chi connectivity index (χ1) is 9.74. The van der Waals surface area contributed by atoms with Crippen molar-refractivity contribution >= 4 is 5.65 Å². The molecule has 0 aliphatic heterocycles. The highest BCUT2D eigenvalue weighted by atomic mass is 15.0. The van der Waals surface area contributed by atoms with Gasteiger partial charge in [-0.15, -0.1) is 0 Å². The molecule has 2 aromatic heterocycles. The van der Waals surface area contributed by atoms with Gasteiger partial charge in [-0.25, -0.2) is 4.98 Å². The van der Waals surface area contributed by atoms with E-state index in [4.69, 9.17) is 0 Å². The molecule has 3 nitrogen and oxygen atoms in total. The molecule has 3 rings (SSSR count). The first kappa shape index (κ1) is 12.9. The summed E-state index contributed by atoms with van der Waals surface area (Å²) in [7, 11) is 0. The van der Waals surface area contributed by atoms with Gasteiger partial charge in [-0.1, -0.05) is 38.1 Å². The minimum atomic E-state index is 0.496. The topological polar surface area (TPSA) is 29.3 Å². The fourth-order valence-electron chi connectivity index (χ4n) is 2.35. The monoisotopic (exact) mass is 265 g/mol. The van der Waals surface area contributed by atoms with Crippen LogP contribution < -0.4 is 5.32 Å². The van der Waals surface area contributed by atoms with E-state index in [1.807, 2.05) is 18.5 Å². The molecular formula is C17H19N3. The second kappa shape index (κ2) is 5.47. The molecular weight excluding hydrogens is 246 g/mol. The van der Waals surface area contributed by atoms with Crippen LogP contribution >= 0.6 is 0 Å². The van der Waals surface area contributed by atoms with E-state index in [9.17, 15) is 0 Å². The fourth-order valence-corrected chi connectivity index (χ4v) is 2.35. The van der Waals surface area contributed by atoms with Crippen molar-refractivity contribution in [3.05, 3.63) is 60.4 Å². The van der Waals surface area contributed by atoms with Crippen molar-refractivity contribution in [3.8, 4) is 11.3 Å². The lowest BCUT2D eigenvalue weighted by Crippen LogP contribution is -2.21. The van der Waals surface area contributed by atoms with Crippen LogP contribution in [0.5, 0.6) is 0 Å². The summed E-state index contributed by atoms with van der Waals surface area (Å²) >= 11 is 0. The molecule has 0 saturated carbocycles. The largest absolute Gasteiger partial charge is 0.310 e. The summed E-state index contributed by atoms with van der Waals surface area (Å²) < 4.78 is 2.12. The van der Waals surface area contributed by atoms with Gasteiger partial charge in [0, 0.05) is 25.0 Å². The number of imidazole rings is 1. The van der Waals surface area contributed by atoms with Crippen molar-refractivity contribution in [3.63, 3.8) is 0 Å². The van der Waals surface area contributed by atoms with E-state index in [0.29, 0.717) is 6.04 Å². The second-order valence-electron chi connectivity index (χ2n) is 5.30. The maximum absolute atomic E-state index is 4.34. The third-order valence-corrected chi connectivity index (χ3v) is 3.37. The lowest BCUT2D eigenvalue weighted by atomic mass is 10.1. The van der Waals surface area contributed by atoms with E-state index in [2.05, 4.69) is 64.9 Å². The number of nitrogens with zero attached hydrogens (tertiary/aromatic N) is 2. The van der Waals surface area contributed by atoms with Gasteiger partial charge in [0.1, 0.15) is 5.65 Å². The van der Waals surface area contributed by atoms with E-state index in [-0.39, 0.29) is 0 Å². The standard InChI is InChI=1S/C17H19N3/c1-13(2)19-12-14-5-3-6-15(11-14)16-7-4-8-17-18-9-10-20(16)17/h3-11,13,19H,12H2,1-2H3. The van der Waals surface area contributed by atoms with Crippen LogP contribution in [0.3, 0.4) is 0 Å². The SMILES string of the molecule is CC(C)NCc1cccc(-c2cccc3nccn23)c1. The van der Waals surface area contributed by atoms with Gasteiger partial charge < -0.3 is 5.32 Å². The average Bonchev–Trinajstić information content (AvgIpc) is 2.93. The third-order valence-electron chi connectivity index (χ3n) is 3.37. The number of hydrogen-bond donors (Lipinski definition) is 1. The number of rotatable bonds is 4. The Morgan fingerprint density at radius 1 is 1.15 bits per heavy atom. The Morgan fingerprint density at radius 2 is 2.00 bits per heavy atom. The lowest BCUT2D eigenvalue weighted by Gasteiger charge is -2.10. The van der Waals surface area contributed by atoms with E-state index in [0.717, 1.165) is 12.2 Å². The molecule has 0 atom stereocenters. The molecule has 3 aromatic rings. The molecule has 0 fully saturated rings. The molecule has 0 amide bonds. The zero-order valence-electron chi connectivity index (χ0n) is 11.9. The highest BCUT2D eigenvalue weighted by Gasteiger charge is 2.04. The predicted molar refractivity (Wildman–Crippen MR) is 82.6 cm³/mol. The Bertz CT molecular complexity index is 713. The van der Waals surface area contributed by atoms with Crippen LogP contribution in [0.25, 0.3) is 16.9 Å². The molecule has 0 unspecified atom stereocenters. The van der Waals surface area contributed by atoms with Crippen LogP contribution in [0.15, 0.2) is 54.9 Å². The van der Waals surface area contributed by atoms with Crippen molar-refractivity contribution in [2.45, 2.75) is 26.4 Å². The van der Waals surface area contributed by atoms with Crippen LogP contribution in [0, 0.1) is 0 Å². The van der Waals surface area contributed by atoms with Crippen molar-refractivity contribution in [2.24, 2.45) is 0 Å². The predicted octanol–water partition coefficient (Wildman–Crippen LogP) is 3.50. The van der Waals surface area contributed by atoms with Gasteiger partial charge in [-0.3, -0.25) is 4.40 Å². The molecule has 0 saturated heterocycles. The smallest absolute Gasteiger partial charge is 0.137 e. The number of pyridine rings is 1. The van der Waals surface area contributed by atoms with E-state index < -0.39 is 0 Å². The average molecular weight is 265 g/mol. The zero-order valence-corrected chi connectivity index (χ0v) is 11.9. The summed E-state index contributed by atoms with van der Waals surface area (Å²) in [6, 6.07) is 15.4. The number of fused-ring (bicyclic) bond motifs is 1. The lowest BCUT2D eigenvalue weighted by molar-refractivity contribution is 0.589. The van der Waals surface area contributed by atoms with Crippen LogP contribution in [0.2, 0.25) is 0 Å². The molecule has 0 bridgehead atoms. The molecule has 0 aliphatic rings. The Labute approximate surface area is 119 Å². The Hall–Kier alpha value is -2.13. The van der Waals surface area contributed by atoms with Crippen molar-refractivity contribution in [1.82, 2.24) is 14.7 Å². The minimum absolute atomic E-state index is 0.496. The number of benzene rings is 1. The highest BCUT2D eigenvalue weighted by Crippen LogP contribution is 2.21. The number of nitrogens with one attached hydrogen (secondary N) is 1. The van der Waals surface area contributed by atoms with E-state index >= 15 is 0 Å². The van der Waals surface area contributed by atoms with Crippen molar-refractivity contribution in [1.29, 1.82) is 0 Å². The maximum atomic E-state index is 4.34. The van der Waals surface area contributed by atoms with Gasteiger partial charge in [-0.2, -0.15) is 0 Å². The van der Waals surface area contributed by atoms with E-state index in [1.54, 1.807) is 0 Å². The fraction of sp³-hybridized carbons (Fsp3) is 0.235. The Morgan fingerprint density at radius 3 is 2.85 bits per heavy atom. The van der Waals surface area contributed by atoms with Gasteiger partial charge in [0.05, 0.1) is 5.69 Å². The summed E-state index contributed by atoms with van der Waals surface area (Å²) in [5, 5.41) is 3.45. The highest BCUT2D eigenvalue weighted by molar-refractivity contribution is 5.64. The van der Waals surface area contributed by atoms with Crippen LogP contribution in [0.4, 0.5) is 0 Å². The molecule has 3 heteroatoms. The summed E-state index contributed by atoms with van der Waals surface area (Å²) in [6.07, 6.45) is 3.84. The van der Waals surface area contributed by atoms with Gasteiger partial charge in [0.25, 0.3) is 0 Å². The summed E-state index contributed by atoms with van der Waals surface area (Å²) in [4.78, 5) is 4.34. The minimum Gasteiger partial charge on any atom is -0.310 e. The summed E-state index contributed by atoms with van der Waals surface area (Å²) in [5.74, 6) is 0. The number of hydrogen-bond acceptors (Lipinski definition) is 2. The number of aromatic nitrogens is 2. The van der Waals surface area contributed by atoms with Gasteiger partial charge in [0.2, 0.25) is 0 Å². The molecule has 0 spiro atoms. The van der Waals surface area contributed by atoms with Crippen molar-refractivity contribution in [2.75, 3.05) is 0 Å². The summed E-state index contributed by atoms with van der Waals surface area (Å²) in [5.41, 5.74) is 4.67. The first-order valence-electron chi connectivity index (χ1n) is 6.99. The van der Waals surface area contributed by atoms with Gasteiger partial charge in [-0.05, 0) is 29.3 Å². The zero-order chi connectivity index (χ0) is 13.9. The normalized spacial score (nSPS) is 11.3. The molecule has 2 heterocycles. The Balaban J connectivity index is 1.97. The maximum Gasteiger partial charge on any atom is 0.137 e. The molecule has 0 radical (unpaired) electrons. The van der Waals surface area contributed by atoms with Gasteiger partial charge in [0.15, 0.2) is 0 Å². The Kier molecular flexibility index (Phi) is 3.52. The first-order valence-corrected chi connectivity index (χ1v) is 6.99. The second-order valence-corrected chi connectivity index (χ2v) is 5.30. The molecule has 1 N–H and O–H groups in total. The molecule has 20 heavy (non-hydrogen) atoms. The molecule has 0 aliphatic carbocycles. The quantitative estimate of drug-likeness (QED) is 0.782. The van der Waals surface area contributed by atoms with Crippen LogP contribution in [0.1, 0.15) is 19.4 Å². The van der Waals surface area contributed by atoms with Gasteiger partial charge >= 0.3 is 0 Å². The summed E-state index contributed by atoms with van der Waals surface area (Å²) in [6.45, 7) is 5.22. The molecule has 1 aromatic carbocycles. The molecule has 102 valence electrons. The van der Waals surface area contributed by atoms with E-state index in [1.165, 1.54) is 16.8 Å².